The maximum Gasteiger partial charge on any atom is 0.266 e. The lowest BCUT2D eigenvalue weighted by molar-refractivity contribution is -0.122. The second-order valence-corrected chi connectivity index (χ2v) is 10.1. The van der Waals surface area contributed by atoms with Crippen molar-refractivity contribution in [1.29, 1.82) is 0 Å². The molecule has 8 nitrogen and oxygen atoms in total. The van der Waals surface area contributed by atoms with Gasteiger partial charge in [-0.2, -0.15) is 0 Å². The molecule has 0 unspecified atom stereocenters. The van der Waals surface area contributed by atoms with Gasteiger partial charge in [0.1, 0.15) is 11.5 Å². The first-order valence-electron chi connectivity index (χ1n) is 12.6. The van der Waals surface area contributed by atoms with Gasteiger partial charge in [-0.05, 0) is 60.1 Å². The van der Waals surface area contributed by atoms with Crippen molar-refractivity contribution < 1.29 is 18.7 Å². The van der Waals surface area contributed by atoms with Crippen molar-refractivity contribution in [3.63, 3.8) is 0 Å². The zero-order valence-electron chi connectivity index (χ0n) is 21.1. The number of H-pyrrole nitrogens is 1. The number of furan rings is 1. The van der Waals surface area contributed by atoms with Gasteiger partial charge < -0.3 is 23.8 Å². The van der Waals surface area contributed by atoms with Crippen molar-refractivity contribution in [3.8, 4) is 5.75 Å². The van der Waals surface area contributed by atoms with E-state index in [1.54, 1.807) is 12.0 Å². The Morgan fingerprint density at radius 2 is 1.89 bits per heavy atom. The number of rotatable bonds is 7. The van der Waals surface area contributed by atoms with Crippen LogP contribution in [0.4, 0.5) is 11.6 Å². The Hall–Kier alpha value is -3.95. The van der Waals surface area contributed by atoms with Crippen LogP contribution in [0, 0.1) is 0 Å². The van der Waals surface area contributed by atoms with E-state index in [-0.39, 0.29) is 5.91 Å². The van der Waals surface area contributed by atoms with Crippen LogP contribution in [-0.2, 0) is 16.0 Å². The number of carbonyl (C=O) groups is 1. The largest absolute Gasteiger partial charge is 0.497 e. The summed E-state index contributed by atoms with van der Waals surface area (Å²) in [4.78, 5) is 26.2. The Bertz CT molecular complexity index is 1500. The molecule has 9 heteroatoms. The fourth-order valence-corrected chi connectivity index (χ4v) is 5.63. The first kappa shape index (κ1) is 24.4. The second kappa shape index (κ2) is 10.8. The van der Waals surface area contributed by atoms with Crippen LogP contribution in [0.1, 0.15) is 11.3 Å². The van der Waals surface area contributed by atoms with Crippen LogP contribution in [0.25, 0.3) is 17.0 Å². The van der Waals surface area contributed by atoms with E-state index in [1.807, 2.05) is 60.8 Å². The average Bonchev–Trinajstić information content (AvgIpc) is 3.67. The van der Waals surface area contributed by atoms with Crippen LogP contribution in [-0.4, -0.2) is 60.9 Å². The highest BCUT2D eigenvalue weighted by atomic mass is 32.2. The number of fused-ring (bicyclic) bond motifs is 1. The predicted molar refractivity (Wildman–Crippen MR) is 151 cm³/mol. The zero-order valence-corrected chi connectivity index (χ0v) is 21.9. The summed E-state index contributed by atoms with van der Waals surface area (Å²) >= 11 is 1.37. The number of benzene rings is 2. The molecule has 0 atom stereocenters. The SMILES string of the molecule is COc1ccc(N=C2S/C(=C/c3ccc(N4CCOCC4)o3)C(=O)N2CCc2c[nH]c3ccccc23)cc1. The number of carbonyl (C=O) groups excluding carboxylic acids is 1. The third-order valence-electron chi connectivity index (χ3n) is 6.67. The number of para-hydroxylation sites is 1. The van der Waals surface area contributed by atoms with Crippen LogP contribution in [0.2, 0.25) is 0 Å². The monoisotopic (exact) mass is 528 g/mol. The quantitative estimate of drug-likeness (QED) is 0.321. The van der Waals surface area contributed by atoms with Gasteiger partial charge in [-0.15, -0.1) is 0 Å². The van der Waals surface area contributed by atoms with Crippen LogP contribution in [0.5, 0.6) is 5.75 Å². The lowest BCUT2D eigenvalue weighted by atomic mass is 10.1. The fraction of sp³-hybridized carbons (Fsp3) is 0.241. The van der Waals surface area contributed by atoms with Gasteiger partial charge in [0.05, 0.1) is 30.9 Å². The Morgan fingerprint density at radius 1 is 1.08 bits per heavy atom. The minimum absolute atomic E-state index is 0.0774. The van der Waals surface area contributed by atoms with Gasteiger partial charge in [-0.3, -0.25) is 9.69 Å². The van der Waals surface area contributed by atoms with Crippen molar-refractivity contribution in [1.82, 2.24) is 9.88 Å². The van der Waals surface area contributed by atoms with Crippen molar-refractivity contribution in [2.24, 2.45) is 4.99 Å². The van der Waals surface area contributed by atoms with Gasteiger partial charge in [0.25, 0.3) is 5.91 Å². The number of nitrogens with one attached hydrogen (secondary N) is 1. The summed E-state index contributed by atoms with van der Waals surface area (Å²) in [5, 5.41) is 1.81. The van der Waals surface area contributed by atoms with E-state index in [0.717, 1.165) is 35.9 Å². The molecule has 1 N–H and O–H groups in total. The molecule has 0 spiro atoms. The number of ether oxygens (including phenoxy) is 2. The molecule has 38 heavy (non-hydrogen) atoms. The third kappa shape index (κ3) is 5.07. The molecule has 2 aliphatic rings. The molecule has 4 aromatic rings. The van der Waals surface area contributed by atoms with Gasteiger partial charge in [0, 0.05) is 48.9 Å². The Morgan fingerprint density at radius 3 is 2.71 bits per heavy atom. The molecule has 0 bridgehead atoms. The number of nitrogens with zero attached hydrogens (tertiary/aromatic N) is 3. The van der Waals surface area contributed by atoms with Crippen molar-refractivity contribution >= 4 is 51.4 Å². The number of hydrogen-bond acceptors (Lipinski definition) is 7. The molecular formula is C29H28N4O4S. The number of morpholine rings is 1. The highest BCUT2D eigenvalue weighted by Crippen LogP contribution is 2.35. The molecule has 2 fully saturated rings. The fourth-order valence-electron chi connectivity index (χ4n) is 4.63. The average molecular weight is 529 g/mol. The molecule has 0 saturated carbocycles. The molecule has 2 saturated heterocycles. The topological polar surface area (TPSA) is 83.3 Å². The number of thioether (sulfide) groups is 1. The van der Waals surface area contributed by atoms with E-state index < -0.39 is 0 Å². The third-order valence-corrected chi connectivity index (χ3v) is 7.68. The number of hydrogen-bond donors (Lipinski definition) is 1. The zero-order chi connectivity index (χ0) is 25.9. The maximum absolute atomic E-state index is 13.6. The van der Waals surface area contributed by atoms with Crippen LogP contribution in [0.15, 0.2) is 81.2 Å². The number of amides is 1. The standard InChI is InChI=1S/C29H28N4O4S/c1-35-22-8-6-21(7-9-22)31-29-33(13-12-20-19-30-25-5-3-2-4-24(20)25)28(34)26(38-29)18-23-10-11-27(37-23)32-14-16-36-17-15-32/h2-11,18-19,30H,12-17H2,1H3/b26-18+,31-29?. The summed E-state index contributed by atoms with van der Waals surface area (Å²) in [6, 6.07) is 19.6. The van der Waals surface area contributed by atoms with E-state index in [2.05, 4.69) is 22.0 Å². The van der Waals surface area contributed by atoms with Crippen molar-refractivity contribution in [2.75, 3.05) is 44.9 Å². The Labute approximate surface area is 224 Å². The highest BCUT2D eigenvalue weighted by molar-refractivity contribution is 8.18. The molecule has 2 aromatic heterocycles. The van der Waals surface area contributed by atoms with E-state index in [1.165, 1.54) is 22.7 Å². The first-order valence-corrected chi connectivity index (χ1v) is 13.4. The Kier molecular flexibility index (Phi) is 6.94. The molecule has 1 amide bonds. The number of amidine groups is 1. The summed E-state index contributed by atoms with van der Waals surface area (Å²) in [6.45, 7) is 3.45. The molecule has 2 aromatic carbocycles. The Balaban J connectivity index is 1.27. The summed E-state index contributed by atoms with van der Waals surface area (Å²) in [7, 11) is 1.63. The maximum atomic E-state index is 13.6. The van der Waals surface area contributed by atoms with E-state index >= 15 is 0 Å². The second-order valence-electron chi connectivity index (χ2n) is 9.04. The summed E-state index contributed by atoms with van der Waals surface area (Å²) in [5.74, 6) is 2.12. The van der Waals surface area contributed by atoms with Crippen LogP contribution < -0.4 is 9.64 Å². The highest BCUT2D eigenvalue weighted by Gasteiger charge is 2.33. The number of aromatic nitrogens is 1. The van der Waals surface area contributed by atoms with Crippen molar-refractivity contribution in [3.05, 3.63) is 83.1 Å². The number of aliphatic imine (C=N–C) groups is 1. The van der Waals surface area contributed by atoms with Crippen molar-refractivity contribution in [2.45, 2.75) is 6.42 Å². The van der Waals surface area contributed by atoms with E-state index in [0.29, 0.717) is 42.0 Å². The smallest absolute Gasteiger partial charge is 0.266 e. The van der Waals surface area contributed by atoms with E-state index in [9.17, 15) is 4.79 Å². The van der Waals surface area contributed by atoms with E-state index in [4.69, 9.17) is 18.9 Å². The molecule has 0 aliphatic carbocycles. The summed E-state index contributed by atoms with van der Waals surface area (Å²) < 4.78 is 16.8. The molecular weight excluding hydrogens is 500 g/mol. The number of aromatic amines is 1. The minimum atomic E-state index is -0.0774. The first-order chi connectivity index (χ1) is 18.7. The lowest BCUT2D eigenvalue weighted by Crippen LogP contribution is -2.35. The summed E-state index contributed by atoms with van der Waals surface area (Å²) in [5.41, 5.74) is 3.01. The van der Waals surface area contributed by atoms with Gasteiger partial charge in [-0.25, -0.2) is 4.99 Å². The van der Waals surface area contributed by atoms with Crippen LogP contribution in [0.3, 0.4) is 0 Å². The number of methoxy groups -OCH3 is 1. The summed E-state index contributed by atoms with van der Waals surface area (Å²) in [6.07, 6.45) is 4.53. The van der Waals surface area contributed by atoms with Gasteiger partial charge in [0.2, 0.25) is 0 Å². The lowest BCUT2D eigenvalue weighted by Gasteiger charge is -2.26. The predicted octanol–water partition coefficient (Wildman–Crippen LogP) is 5.45. The normalized spacial score (nSPS) is 18.3. The number of anilines is 1. The molecule has 194 valence electrons. The van der Waals surface area contributed by atoms with Gasteiger partial charge in [0.15, 0.2) is 11.1 Å². The molecule has 6 rings (SSSR count). The van der Waals surface area contributed by atoms with Crippen LogP contribution >= 0.6 is 11.8 Å². The molecule has 4 heterocycles. The van der Waals surface area contributed by atoms with Gasteiger partial charge >= 0.3 is 0 Å². The molecule has 2 aliphatic heterocycles. The minimum Gasteiger partial charge on any atom is -0.497 e. The van der Waals surface area contributed by atoms with Gasteiger partial charge in [-0.1, -0.05) is 18.2 Å². The molecule has 0 radical (unpaired) electrons.